The fourth-order valence-electron chi connectivity index (χ4n) is 2.50. The molecular formula is C16H19O8P. The lowest BCUT2D eigenvalue weighted by Gasteiger charge is -2.25. The Hall–Kier alpha value is -2.09. The number of phenolic OH excluding ortho intramolecular Hbond substituents is 2. The first-order valence-corrected chi connectivity index (χ1v) is 8.92. The Morgan fingerprint density at radius 3 is 2.36 bits per heavy atom. The number of aromatic hydroxyl groups is 2. The van der Waals surface area contributed by atoms with E-state index in [4.69, 9.17) is 9.79 Å². The van der Waals surface area contributed by atoms with Crippen LogP contribution in [0.5, 0.6) is 17.2 Å². The first kappa shape index (κ1) is 19.2. The molecule has 0 amide bonds. The van der Waals surface area contributed by atoms with Crippen LogP contribution in [0.25, 0.3) is 0 Å². The van der Waals surface area contributed by atoms with E-state index >= 15 is 0 Å². The van der Waals surface area contributed by atoms with Crippen molar-refractivity contribution in [1.82, 2.24) is 0 Å². The molecule has 8 nitrogen and oxygen atoms in total. The van der Waals surface area contributed by atoms with Gasteiger partial charge in [0.05, 0.1) is 5.56 Å². The van der Waals surface area contributed by atoms with E-state index in [9.17, 15) is 25.0 Å². The smallest absolute Gasteiger partial charge is 0.508 e. The van der Waals surface area contributed by atoms with Crippen LogP contribution in [0.4, 0.5) is 0 Å². The van der Waals surface area contributed by atoms with Gasteiger partial charge in [0.1, 0.15) is 17.2 Å². The maximum Gasteiger partial charge on any atom is 0.524 e. The van der Waals surface area contributed by atoms with Crippen LogP contribution in [0.3, 0.4) is 0 Å². The minimum absolute atomic E-state index is 0.0924. The summed E-state index contributed by atoms with van der Waals surface area (Å²) in [6.07, 6.45) is 0.442. The third-order valence-electron chi connectivity index (χ3n) is 3.52. The molecule has 0 unspecified atom stereocenters. The van der Waals surface area contributed by atoms with Crippen molar-refractivity contribution in [3.8, 4) is 17.2 Å². The van der Waals surface area contributed by atoms with E-state index < -0.39 is 30.7 Å². The van der Waals surface area contributed by atoms with E-state index in [1.54, 1.807) is 18.2 Å². The molecule has 25 heavy (non-hydrogen) atoms. The van der Waals surface area contributed by atoms with Gasteiger partial charge in [-0.1, -0.05) is 18.2 Å². The second-order valence-electron chi connectivity index (χ2n) is 5.57. The van der Waals surface area contributed by atoms with Crippen molar-refractivity contribution in [3.05, 3.63) is 53.6 Å². The summed E-state index contributed by atoms with van der Waals surface area (Å²) in [7, 11) is -4.94. The standard InChI is InChI=1S/C16H19O8P/c17-12-6-1-4-11(10-12)5-3-9-16(19,20)15-13(18)7-2-8-14(15)24-25(21,22)23/h1-2,4,6-8,10,17-20H,3,5,9H2,(H2,21,22,23). The van der Waals surface area contributed by atoms with Crippen molar-refractivity contribution < 1.29 is 39.3 Å². The third-order valence-corrected chi connectivity index (χ3v) is 3.96. The number of rotatable bonds is 7. The van der Waals surface area contributed by atoms with E-state index in [2.05, 4.69) is 4.52 Å². The highest BCUT2D eigenvalue weighted by molar-refractivity contribution is 7.46. The predicted molar refractivity (Wildman–Crippen MR) is 87.9 cm³/mol. The van der Waals surface area contributed by atoms with Crippen molar-refractivity contribution in [2.24, 2.45) is 0 Å². The fraction of sp³-hybridized carbons (Fsp3) is 0.250. The average molecular weight is 370 g/mol. The highest BCUT2D eigenvalue weighted by Crippen LogP contribution is 2.45. The highest BCUT2D eigenvalue weighted by Gasteiger charge is 2.34. The lowest BCUT2D eigenvalue weighted by Crippen LogP contribution is -2.26. The van der Waals surface area contributed by atoms with Gasteiger partial charge in [-0.3, -0.25) is 9.79 Å². The van der Waals surface area contributed by atoms with Crippen molar-refractivity contribution in [2.45, 2.75) is 25.0 Å². The summed E-state index contributed by atoms with van der Waals surface area (Å²) in [5.41, 5.74) is 0.258. The summed E-state index contributed by atoms with van der Waals surface area (Å²) in [6.45, 7) is 0. The quantitative estimate of drug-likeness (QED) is 0.319. The van der Waals surface area contributed by atoms with Crippen LogP contribution in [0.2, 0.25) is 0 Å². The Labute approximate surface area is 143 Å². The monoisotopic (exact) mass is 370 g/mol. The van der Waals surface area contributed by atoms with Gasteiger partial charge in [0.2, 0.25) is 0 Å². The number of phenols is 2. The van der Waals surface area contributed by atoms with E-state index in [1.807, 2.05) is 0 Å². The number of hydrogen-bond acceptors (Lipinski definition) is 6. The summed E-state index contributed by atoms with van der Waals surface area (Å²) >= 11 is 0. The van der Waals surface area contributed by atoms with E-state index in [0.717, 1.165) is 17.7 Å². The van der Waals surface area contributed by atoms with Crippen molar-refractivity contribution in [2.75, 3.05) is 0 Å². The molecule has 0 saturated heterocycles. The summed E-state index contributed by atoms with van der Waals surface area (Å²) < 4.78 is 15.5. The van der Waals surface area contributed by atoms with Crippen LogP contribution >= 0.6 is 7.82 Å². The van der Waals surface area contributed by atoms with Gasteiger partial charge in [0, 0.05) is 6.42 Å². The van der Waals surface area contributed by atoms with Crippen LogP contribution in [-0.2, 0) is 16.8 Å². The van der Waals surface area contributed by atoms with Gasteiger partial charge in [-0.2, -0.15) is 0 Å². The molecule has 0 aliphatic heterocycles. The largest absolute Gasteiger partial charge is 0.524 e. The van der Waals surface area contributed by atoms with Gasteiger partial charge >= 0.3 is 7.82 Å². The topological polar surface area (TPSA) is 148 Å². The van der Waals surface area contributed by atoms with E-state index in [1.165, 1.54) is 12.1 Å². The van der Waals surface area contributed by atoms with E-state index in [-0.39, 0.29) is 18.6 Å². The Morgan fingerprint density at radius 2 is 1.72 bits per heavy atom. The molecule has 2 aromatic rings. The molecule has 136 valence electrons. The molecule has 0 spiro atoms. The second-order valence-corrected chi connectivity index (χ2v) is 6.74. The van der Waals surface area contributed by atoms with Crippen molar-refractivity contribution in [1.29, 1.82) is 0 Å². The first-order chi connectivity index (χ1) is 11.6. The summed E-state index contributed by atoms with van der Waals surface area (Å²) in [5, 5.41) is 39.9. The first-order valence-electron chi connectivity index (χ1n) is 7.39. The molecule has 0 saturated carbocycles. The molecule has 0 aliphatic carbocycles. The van der Waals surface area contributed by atoms with Crippen molar-refractivity contribution >= 4 is 7.82 Å². The zero-order chi connectivity index (χ0) is 18.7. The maximum absolute atomic E-state index is 11.0. The molecule has 2 rings (SSSR count). The van der Waals surface area contributed by atoms with Crippen LogP contribution in [-0.4, -0.2) is 30.2 Å². The van der Waals surface area contributed by atoms with Gasteiger partial charge in [-0.05, 0) is 42.7 Å². The van der Waals surface area contributed by atoms with Crippen molar-refractivity contribution in [3.63, 3.8) is 0 Å². The van der Waals surface area contributed by atoms with Crippen LogP contribution in [0, 0.1) is 0 Å². The zero-order valence-electron chi connectivity index (χ0n) is 13.1. The molecular weight excluding hydrogens is 351 g/mol. The molecule has 6 N–H and O–H groups in total. The minimum Gasteiger partial charge on any atom is -0.508 e. The van der Waals surface area contributed by atoms with Gasteiger partial charge in [0.25, 0.3) is 0 Å². The number of phosphoric ester groups is 1. The number of aliphatic hydroxyl groups is 2. The van der Waals surface area contributed by atoms with Crippen LogP contribution in [0.1, 0.15) is 24.0 Å². The number of benzene rings is 2. The van der Waals surface area contributed by atoms with Crippen LogP contribution in [0.15, 0.2) is 42.5 Å². The van der Waals surface area contributed by atoms with Gasteiger partial charge < -0.3 is 24.9 Å². The van der Waals surface area contributed by atoms with Gasteiger partial charge in [0.15, 0.2) is 5.79 Å². The lowest BCUT2D eigenvalue weighted by atomic mass is 9.96. The molecule has 0 heterocycles. The summed E-state index contributed by atoms with van der Waals surface area (Å²) in [6, 6.07) is 10.00. The SMILES string of the molecule is O=P(O)(O)Oc1cccc(O)c1C(O)(O)CCCc1cccc(O)c1. The molecule has 0 bridgehead atoms. The normalized spacial score (nSPS) is 12.2. The fourth-order valence-corrected chi connectivity index (χ4v) is 2.91. The molecule has 2 aromatic carbocycles. The number of aryl methyl sites for hydroxylation is 1. The molecule has 0 atom stereocenters. The molecule has 9 heteroatoms. The second kappa shape index (κ2) is 7.43. The lowest BCUT2D eigenvalue weighted by molar-refractivity contribution is -0.176. The average Bonchev–Trinajstić information content (AvgIpc) is 2.45. The Balaban J connectivity index is 2.17. The number of phosphoric acid groups is 1. The van der Waals surface area contributed by atoms with Gasteiger partial charge in [-0.15, -0.1) is 0 Å². The van der Waals surface area contributed by atoms with Crippen LogP contribution < -0.4 is 4.52 Å². The van der Waals surface area contributed by atoms with Gasteiger partial charge in [-0.25, -0.2) is 4.57 Å². The predicted octanol–water partition coefficient (Wildman–Crippen LogP) is 1.73. The third kappa shape index (κ3) is 5.45. The Kier molecular flexibility index (Phi) is 5.72. The summed E-state index contributed by atoms with van der Waals surface area (Å²) in [4.78, 5) is 17.8. The summed E-state index contributed by atoms with van der Waals surface area (Å²) in [5.74, 6) is -3.55. The maximum atomic E-state index is 11.0. The zero-order valence-corrected chi connectivity index (χ0v) is 14.0. The highest BCUT2D eigenvalue weighted by atomic mass is 31.2. The molecule has 0 aromatic heterocycles. The molecule has 0 aliphatic rings. The molecule has 0 fully saturated rings. The van der Waals surface area contributed by atoms with E-state index in [0.29, 0.717) is 6.42 Å². The molecule has 0 radical (unpaired) electrons. The Bertz CT molecular complexity index is 783. The Morgan fingerprint density at radius 1 is 1.04 bits per heavy atom. The minimum atomic E-state index is -4.94. The number of hydrogen-bond donors (Lipinski definition) is 6.